The number of ether oxygens (including phenoxy) is 1. The first-order chi connectivity index (χ1) is 13.4. The molecule has 9 heteroatoms. The standard InChI is InChI=1S/C18H19N5O2.CH2O2/c1-10-15(11(2)20-9-19-10)18(24)21-17-16(12(3)22-23-17)13-7-5-6-8-14(13)25-4;2-1-3/h5-9H,1-4H3,(H2,21,22,23,24);1H,(H,2,3). The fourth-order valence-corrected chi connectivity index (χ4v) is 2.79. The Kier molecular flexibility index (Phi) is 6.80. The van der Waals surface area contributed by atoms with Crippen LogP contribution in [0, 0.1) is 20.8 Å². The number of aryl methyl sites for hydroxylation is 3. The molecule has 2 heterocycles. The number of benzene rings is 1. The molecule has 0 spiro atoms. The van der Waals surface area contributed by atoms with E-state index in [1.54, 1.807) is 21.0 Å². The van der Waals surface area contributed by atoms with Gasteiger partial charge in [-0.2, -0.15) is 5.10 Å². The Bertz CT molecular complexity index is 964. The quantitative estimate of drug-likeness (QED) is 0.591. The number of rotatable bonds is 4. The Morgan fingerprint density at radius 1 is 1.18 bits per heavy atom. The number of nitrogens with one attached hydrogen (secondary N) is 2. The van der Waals surface area contributed by atoms with Crippen molar-refractivity contribution in [3.63, 3.8) is 0 Å². The molecule has 1 aromatic carbocycles. The van der Waals surface area contributed by atoms with Crippen LogP contribution >= 0.6 is 0 Å². The summed E-state index contributed by atoms with van der Waals surface area (Å²) < 4.78 is 5.43. The highest BCUT2D eigenvalue weighted by atomic mass is 16.5. The zero-order valence-corrected chi connectivity index (χ0v) is 16.0. The SMILES string of the molecule is COc1ccccc1-c1c(NC(=O)c2c(C)ncnc2C)n[nH]c1C.O=CO. The molecule has 146 valence electrons. The van der Waals surface area contributed by atoms with E-state index in [0.717, 1.165) is 16.8 Å². The van der Waals surface area contributed by atoms with Crippen molar-refractivity contribution in [1.82, 2.24) is 20.2 Å². The highest BCUT2D eigenvalue weighted by Gasteiger charge is 2.20. The molecule has 0 saturated carbocycles. The monoisotopic (exact) mass is 383 g/mol. The number of carboxylic acid groups (broad SMARTS) is 1. The largest absolute Gasteiger partial charge is 0.496 e. The first kappa shape index (κ1) is 20.6. The van der Waals surface area contributed by atoms with Crippen LogP contribution in [0.3, 0.4) is 0 Å². The summed E-state index contributed by atoms with van der Waals surface area (Å²) in [4.78, 5) is 29.3. The Balaban J connectivity index is 0.000000878. The number of nitrogens with zero attached hydrogens (tertiary/aromatic N) is 3. The van der Waals surface area contributed by atoms with Crippen LogP contribution in [0.25, 0.3) is 11.1 Å². The first-order valence-electron chi connectivity index (χ1n) is 8.30. The van der Waals surface area contributed by atoms with E-state index < -0.39 is 0 Å². The van der Waals surface area contributed by atoms with Crippen molar-refractivity contribution in [2.24, 2.45) is 0 Å². The van der Waals surface area contributed by atoms with Gasteiger partial charge in [0, 0.05) is 11.3 Å². The zero-order valence-electron chi connectivity index (χ0n) is 16.0. The lowest BCUT2D eigenvalue weighted by Gasteiger charge is -2.11. The van der Waals surface area contributed by atoms with Crippen LogP contribution in [0.5, 0.6) is 5.75 Å². The van der Waals surface area contributed by atoms with Gasteiger partial charge in [-0.05, 0) is 26.8 Å². The van der Waals surface area contributed by atoms with Crippen molar-refractivity contribution in [3.05, 3.63) is 53.2 Å². The molecule has 0 bridgehead atoms. The minimum atomic E-state index is -0.293. The van der Waals surface area contributed by atoms with E-state index in [9.17, 15) is 4.79 Å². The summed E-state index contributed by atoms with van der Waals surface area (Å²) in [5, 5.41) is 16.9. The molecule has 0 atom stereocenters. The molecule has 0 unspecified atom stereocenters. The van der Waals surface area contributed by atoms with E-state index in [2.05, 4.69) is 25.5 Å². The lowest BCUT2D eigenvalue weighted by Crippen LogP contribution is -2.17. The van der Waals surface area contributed by atoms with E-state index in [1.807, 2.05) is 31.2 Å². The summed E-state index contributed by atoms with van der Waals surface area (Å²) in [7, 11) is 1.61. The molecule has 3 N–H and O–H groups in total. The van der Waals surface area contributed by atoms with Gasteiger partial charge in [-0.3, -0.25) is 14.7 Å². The van der Waals surface area contributed by atoms with E-state index in [0.29, 0.717) is 28.5 Å². The third kappa shape index (κ3) is 4.32. The maximum atomic E-state index is 12.7. The van der Waals surface area contributed by atoms with Gasteiger partial charge in [0.25, 0.3) is 12.4 Å². The Morgan fingerprint density at radius 3 is 2.39 bits per heavy atom. The van der Waals surface area contributed by atoms with Crippen molar-refractivity contribution in [1.29, 1.82) is 0 Å². The number of para-hydroxylation sites is 1. The summed E-state index contributed by atoms with van der Waals surface area (Å²) in [6, 6.07) is 7.60. The van der Waals surface area contributed by atoms with Gasteiger partial charge in [0.15, 0.2) is 5.82 Å². The van der Waals surface area contributed by atoms with E-state index in [-0.39, 0.29) is 12.4 Å². The van der Waals surface area contributed by atoms with E-state index in [1.165, 1.54) is 6.33 Å². The third-order valence-corrected chi connectivity index (χ3v) is 4.01. The van der Waals surface area contributed by atoms with Gasteiger partial charge in [0.1, 0.15) is 12.1 Å². The van der Waals surface area contributed by atoms with Gasteiger partial charge < -0.3 is 15.2 Å². The molecule has 3 aromatic rings. The summed E-state index contributed by atoms with van der Waals surface area (Å²) in [6.07, 6.45) is 1.44. The molecule has 3 rings (SSSR count). The molecule has 0 saturated heterocycles. The topological polar surface area (TPSA) is 130 Å². The lowest BCUT2D eigenvalue weighted by molar-refractivity contribution is -0.122. The predicted octanol–water partition coefficient (Wildman–Crippen LogP) is 2.75. The van der Waals surface area contributed by atoms with Crippen molar-refractivity contribution in [2.45, 2.75) is 20.8 Å². The predicted molar refractivity (Wildman–Crippen MR) is 103 cm³/mol. The minimum Gasteiger partial charge on any atom is -0.496 e. The summed E-state index contributed by atoms with van der Waals surface area (Å²) in [6.45, 7) is 5.20. The normalized spacial score (nSPS) is 9.86. The number of aromatic nitrogens is 4. The van der Waals surface area contributed by atoms with E-state index in [4.69, 9.17) is 14.6 Å². The molecule has 0 fully saturated rings. The van der Waals surface area contributed by atoms with Gasteiger partial charge in [0.2, 0.25) is 0 Å². The lowest BCUT2D eigenvalue weighted by atomic mass is 10.0. The number of anilines is 1. The molecule has 0 radical (unpaired) electrons. The first-order valence-corrected chi connectivity index (χ1v) is 8.30. The number of amides is 1. The second kappa shape index (κ2) is 9.26. The maximum absolute atomic E-state index is 12.7. The molecule has 0 aliphatic heterocycles. The number of carbonyl (C=O) groups is 2. The molecule has 28 heavy (non-hydrogen) atoms. The zero-order chi connectivity index (χ0) is 20.7. The number of hydrogen-bond donors (Lipinski definition) is 3. The van der Waals surface area contributed by atoms with Crippen molar-refractivity contribution < 1.29 is 19.4 Å². The van der Waals surface area contributed by atoms with Gasteiger partial charge in [-0.25, -0.2) is 9.97 Å². The van der Waals surface area contributed by atoms with Gasteiger partial charge >= 0.3 is 0 Å². The van der Waals surface area contributed by atoms with Crippen LogP contribution in [0.15, 0.2) is 30.6 Å². The number of methoxy groups -OCH3 is 1. The molecule has 9 nitrogen and oxygen atoms in total. The van der Waals surface area contributed by atoms with Crippen LogP contribution in [0.1, 0.15) is 27.4 Å². The summed E-state index contributed by atoms with van der Waals surface area (Å²) >= 11 is 0. The van der Waals surface area contributed by atoms with E-state index >= 15 is 0 Å². The fraction of sp³-hybridized carbons (Fsp3) is 0.211. The molecular formula is C19H21N5O4. The number of hydrogen-bond acceptors (Lipinski definition) is 6. The molecule has 0 aliphatic carbocycles. The van der Waals surface area contributed by atoms with Gasteiger partial charge in [-0.1, -0.05) is 18.2 Å². The van der Waals surface area contributed by atoms with Crippen LogP contribution in [0.4, 0.5) is 5.82 Å². The fourth-order valence-electron chi connectivity index (χ4n) is 2.79. The van der Waals surface area contributed by atoms with Gasteiger partial charge in [-0.15, -0.1) is 0 Å². The minimum absolute atomic E-state index is 0.250. The highest BCUT2D eigenvalue weighted by Crippen LogP contribution is 2.36. The van der Waals surface area contributed by atoms with Gasteiger partial charge in [0.05, 0.1) is 29.6 Å². The van der Waals surface area contributed by atoms with Crippen LogP contribution in [0.2, 0.25) is 0 Å². The average Bonchev–Trinajstić information content (AvgIpc) is 3.02. The molecule has 0 aliphatic rings. The molecular weight excluding hydrogens is 362 g/mol. The third-order valence-electron chi connectivity index (χ3n) is 4.01. The average molecular weight is 383 g/mol. The Labute approximate surface area is 161 Å². The van der Waals surface area contributed by atoms with Crippen molar-refractivity contribution in [3.8, 4) is 16.9 Å². The second-order valence-corrected chi connectivity index (χ2v) is 5.75. The highest BCUT2D eigenvalue weighted by molar-refractivity contribution is 6.07. The van der Waals surface area contributed by atoms with Crippen molar-refractivity contribution in [2.75, 3.05) is 12.4 Å². The second-order valence-electron chi connectivity index (χ2n) is 5.75. The maximum Gasteiger partial charge on any atom is 0.290 e. The van der Waals surface area contributed by atoms with Crippen LogP contribution < -0.4 is 10.1 Å². The summed E-state index contributed by atoms with van der Waals surface area (Å²) in [5.74, 6) is 0.853. The Hall–Kier alpha value is -3.75. The number of carbonyl (C=O) groups excluding carboxylic acids is 1. The molecule has 1 amide bonds. The Morgan fingerprint density at radius 2 is 1.79 bits per heavy atom. The number of H-pyrrole nitrogens is 1. The van der Waals surface area contributed by atoms with Crippen LogP contribution in [-0.4, -0.2) is 44.8 Å². The number of aromatic amines is 1. The van der Waals surface area contributed by atoms with Crippen LogP contribution in [-0.2, 0) is 4.79 Å². The smallest absolute Gasteiger partial charge is 0.290 e. The van der Waals surface area contributed by atoms with Crippen molar-refractivity contribution >= 4 is 18.2 Å². The molecule has 2 aromatic heterocycles. The summed E-state index contributed by atoms with van der Waals surface area (Å²) in [5.41, 5.74) is 4.17.